The van der Waals surface area contributed by atoms with Crippen molar-refractivity contribution in [3.05, 3.63) is 28.2 Å². The predicted molar refractivity (Wildman–Crippen MR) is 74.7 cm³/mol. The molecule has 0 spiro atoms. The maximum Gasteiger partial charge on any atom is 0.122 e. The van der Waals surface area contributed by atoms with Crippen LogP contribution >= 0.6 is 15.9 Å². The molecule has 3 heteroatoms. The number of ether oxygens (including phenoxy) is 1. The third-order valence-corrected chi connectivity index (χ3v) is 3.86. The highest BCUT2D eigenvalue weighted by Crippen LogP contribution is 2.25. The molecule has 94 valence electrons. The van der Waals surface area contributed by atoms with Gasteiger partial charge in [0.2, 0.25) is 0 Å². The Morgan fingerprint density at radius 2 is 2.24 bits per heavy atom. The molecule has 1 unspecified atom stereocenters. The molecule has 1 aromatic carbocycles. The minimum Gasteiger partial charge on any atom is -0.496 e. The van der Waals surface area contributed by atoms with Gasteiger partial charge in [-0.3, -0.25) is 0 Å². The average Bonchev–Trinajstić information content (AvgIpc) is 2.58. The van der Waals surface area contributed by atoms with Crippen molar-refractivity contribution in [2.75, 3.05) is 13.7 Å². The van der Waals surface area contributed by atoms with Crippen LogP contribution in [0.2, 0.25) is 0 Å². The van der Waals surface area contributed by atoms with Crippen molar-refractivity contribution >= 4 is 15.9 Å². The van der Waals surface area contributed by atoms with E-state index in [2.05, 4.69) is 27.3 Å². The lowest BCUT2D eigenvalue weighted by Gasteiger charge is -2.17. The van der Waals surface area contributed by atoms with Crippen LogP contribution in [-0.2, 0) is 6.42 Å². The van der Waals surface area contributed by atoms with Gasteiger partial charge in [-0.2, -0.15) is 0 Å². The van der Waals surface area contributed by atoms with E-state index < -0.39 is 0 Å². The summed E-state index contributed by atoms with van der Waals surface area (Å²) >= 11 is 3.53. The predicted octanol–water partition coefficient (Wildman–Crippen LogP) is 3.53. The third-order valence-electron chi connectivity index (χ3n) is 3.37. The van der Waals surface area contributed by atoms with Gasteiger partial charge in [-0.05, 0) is 49.6 Å². The fourth-order valence-electron chi connectivity index (χ4n) is 2.45. The second-order valence-electron chi connectivity index (χ2n) is 4.66. The number of halogens is 1. The second-order valence-corrected chi connectivity index (χ2v) is 5.58. The van der Waals surface area contributed by atoms with Gasteiger partial charge in [0, 0.05) is 10.5 Å². The summed E-state index contributed by atoms with van der Waals surface area (Å²) in [7, 11) is 1.74. The summed E-state index contributed by atoms with van der Waals surface area (Å²) in [6.07, 6.45) is 6.34. The normalized spacial score (nSPS) is 20.9. The Bertz CT molecular complexity index is 359. The zero-order chi connectivity index (χ0) is 12.1. The fraction of sp³-hybridized carbons (Fsp3) is 0.571. The van der Waals surface area contributed by atoms with Gasteiger partial charge in [0.25, 0.3) is 0 Å². The van der Waals surface area contributed by atoms with Gasteiger partial charge < -0.3 is 10.1 Å². The molecule has 0 amide bonds. The van der Waals surface area contributed by atoms with Gasteiger partial charge in [-0.1, -0.05) is 28.8 Å². The number of rotatable bonds is 3. The van der Waals surface area contributed by atoms with Crippen LogP contribution in [0.1, 0.15) is 31.2 Å². The van der Waals surface area contributed by atoms with Gasteiger partial charge in [0.1, 0.15) is 5.75 Å². The molecule has 2 rings (SSSR count). The Kier molecular flexibility index (Phi) is 4.86. The van der Waals surface area contributed by atoms with Crippen LogP contribution < -0.4 is 10.1 Å². The number of benzene rings is 1. The first-order valence-corrected chi connectivity index (χ1v) is 7.14. The maximum atomic E-state index is 5.42. The van der Waals surface area contributed by atoms with E-state index in [0.717, 1.165) is 23.2 Å². The van der Waals surface area contributed by atoms with E-state index in [4.69, 9.17) is 4.74 Å². The minimum atomic E-state index is 0.598. The van der Waals surface area contributed by atoms with E-state index >= 15 is 0 Å². The summed E-state index contributed by atoms with van der Waals surface area (Å²) in [5.41, 5.74) is 1.29. The molecular formula is C14H20BrNO. The van der Waals surface area contributed by atoms with E-state index in [0.29, 0.717) is 6.04 Å². The van der Waals surface area contributed by atoms with Gasteiger partial charge >= 0.3 is 0 Å². The van der Waals surface area contributed by atoms with Crippen LogP contribution in [0.15, 0.2) is 22.7 Å². The molecular weight excluding hydrogens is 278 g/mol. The molecule has 1 aliphatic heterocycles. The van der Waals surface area contributed by atoms with Crippen molar-refractivity contribution in [1.29, 1.82) is 0 Å². The Morgan fingerprint density at radius 1 is 1.35 bits per heavy atom. The van der Waals surface area contributed by atoms with E-state index in [1.165, 1.54) is 31.2 Å². The van der Waals surface area contributed by atoms with Crippen LogP contribution in [0.4, 0.5) is 0 Å². The molecule has 0 radical (unpaired) electrons. The SMILES string of the molecule is COc1ccc(Br)cc1CC1CCCCCN1. The lowest BCUT2D eigenvalue weighted by molar-refractivity contribution is 0.404. The van der Waals surface area contributed by atoms with Crippen LogP contribution in [-0.4, -0.2) is 19.7 Å². The highest BCUT2D eigenvalue weighted by molar-refractivity contribution is 9.10. The first kappa shape index (κ1) is 12.9. The molecule has 1 atom stereocenters. The Labute approximate surface area is 112 Å². The third kappa shape index (κ3) is 3.71. The van der Waals surface area contributed by atoms with Crippen LogP contribution in [0, 0.1) is 0 Å². The number of methoxy groups -OCH3 is 1. The second kappa shape index (κ2) is 6.41. The minimum absolute atomic E-state index is 0.598. The van der Waals surface area contributed by atoms with Crippen molar-refractivity contribution in [3.63, 3.8) is 0 Å². The Hall–Kier alpha value is -0.540. The highest BCUT2D eigenvalue weighted by Gasteiger charge is 2.14. The first-order chi connectivity index (χ1) is 8.29. The highest BCUT2D eigenvalue weighted by atomic mass is 79.9. The molecule has 1 aliphatic rings. The lowest BCUT2D eigenvalue weighted by Crippen LogP contribution is -2.30. The van der Waals surface area contributed by atoms with Crippen LogP contribution in [0.25, 0.3) is 0 Å². The van der Waals surface area contributed by atoms with Gasteiger partial charge in [0.05, 0.1) is 7.11 Å². The monoisotopic (exact) mass is 297 g/mol. The quantitative estimate of drug-likeness (QED) is 0.921. The molecule has 1 N–H and O–H groups in total. The van der Waals surface area contributed by atoms with Crippen molar-refractivity contribution in [1.82, 2.24) is 5.32 Å². The molecule has 0 bridgehead atoms. The van der Waals surface area contributed by atoms with Crippen LogP contribution in [0.5, 0.6) is 5.75 Å². The molecule has 0 aliphatic carbocycles. The summed E-state index contributed by atoms with van der Waals surface area (Å²) in [4.78, 5) is 0. The molecule has 1 fully saturated rings. The van der Waals surface area contributed by atoms with Crippen molar-refractivity contribution in [2.45, 2.75) is 38.1 Å². The Morgan fingerprint density at radius 3 is 3.06 bits per heavy atom. The van der Waals surface area contributed by atoms with Gasteiger partial charge in [-0.15, -0.1) is 0 Å². The van der Waals surface area contributed by atoms with E-state index in [9.17, 15) is 0 Å². The smallest absolute Gasteiger partial charge is 0.122 e. The largest absolute Gasteiger partial charge is 0.496 e. The summed E-state index contributed by atoms with van der Waals surface area (Å²) in [5.74, 6) is 0.999. The summed E-state index contributed by atoms with van der Waals surface area (Å²) in [5, 5.41) is 3.63. The molecule has 0 saturated carbocycles. The molecule has 1 heterocycles. The molecule has 0 aromatic heterocycles. The van der Waals surface area contributed by atoms with Gasteiger partial charge in [0.15, 0.2) is 0 Å². The van der Waals surface area contributed by atoms with Gasteiger partial charge in [-0.25, -0.2) is 0 Å². The standard InChI is InChI=1S/C14H20BrNO/c1-17-14-7-6-12(15)9-11(14)10-13-5-3-2-4-8-16-13/h6-7,9,13,16H,2-5,8,10H2,1H3. The topological polar surface area (TPSA) is 21.3 Å². The molecule has 1 saturated heterocycles. The zero-order valence-corrected chi connectivity index (χ0v) is 11.9. The van der Waals surface area contributed by atoms with Crippen LogP contribution in [0.3, 0.4) is 0 Å². The van der Waals surface area contributed by atoms with E-state index in [1.807, 2.05) is 12.1 Å². The summed E-state index contributed by atoms with van der Waals surface area (Å²) in [6, 6.07) is 6.84. The average molecular weight is 298 g/mol. The zero-order valence-electron chi connectivity index (χ0n) is 10.3. The van der Waals surface area contributed by atoms with E-state index in [1.54, 1.807) is 7.11 Å². The summed E-state index contributed by atoms with van der Waals surface area (Å²) in [6.45, 7) is 1.15. The van der Waals surface area contributed by atoms with Crippen molar-refractivity contribution in [2.24, 2.45) is 0 Å². The molecule has 2 nitrogen and oxygen atoms in total. The van der Waals surface area contributed by atoms with E-state index in [-0.39, 0.29) is 0 Å². The maximum absolute atomic E-state index is 5.42. The Balaban J connectivity index is 2.07. The number of hydrogen-bond donors (Lipinski definition) is 1. The van der Waals surface area contributed by atoms with Crippen molar-refractivity contribution < 1.29 is 4.74 Å². The number of hydrogen-bond acceptors (Lipinski definition) is 2. The molecule has 17 heavy (non-hydrogen) atoms. The number of nitrogens with one attached hydrogen (secondary N) is 1. The summed E-state index contributed by atoms with van der Waals surface area (Å²) < 4.78 is 6.55. The lowest BCUT2D eigenvalue weighted by atomic mass is 10.0. The first-order valence-electron chi connectivity index (χ1n) is 6.35. The molecule has 1 aromatic rings. The van der Waals surface area contributed by atoms with Crippen molar-refractivity contribution in [3.8, 4) is 5.75 Å². The fourth-order valence-corrected chi connectivity index (χ4v) is 2.86.